The number of carbonyl (C=O) groups is 2. The molecule has 0 radical (unpaired) electrons. The normalized spacial score (nSPS) is 17.2. The number of hydrogen-bond acceptors (Lipinski definition) is 4. The third-order valence-corrected chi connectivity index (χ3v) is 4.36. The van der Waals surface area contributed by atoms with Gasteiger partial charge in [0.2, 0.25) is 11.8 Å². The van der Waals surface area contributed by atoms with Crippen LogP contribution in [0.5, 0.6) is 5.75 Å². The monoisotopic (exact) mass is 316 g/mol. The number of carbonyl (C=O) groups excluding carboxylic acids is 2. The van der Waals surface area contributed by atoms with Crippen molar-refractivity contribution in [3.05, 3.63) is 30.0 Å². The zero-order valence-corrected chi connectivity index (χ0v) is 13.5. The molecule has 0 saturated carbocycles. The SMILES string of the molecule is COc1ccc2c(CC(=O)N3CCNC(=O)C3(C)C)coc2c1. The molecule has 1 aliphatic heterocycles. The predicted octanol–water partition coefficient (Wildman–Crippen LogP) is 1.72. The maximum absolute atomic E-state index is 12.7. The summed E-state index contributed by atoms with van der Waals surface area (Å²) in [6.45, 7) is 4.52. The third-order valence-electron chi connectivity index (χ3n) is 4.36. The van der Waals surface area contributed by atoms with Crippen LogP contribution in [-0.4, -0.2) is 42.5 Å². The Morgan fingerprint density at radius 3 is 2.96 bits per heavy atom. The van der Waals surface area contributed by atoms with Crippen LogP contribution in [-0.2, 0) is 16.0 Å². The molecule has 1 aromatic carbocycles. The van der Waals surface area contributed by atoms with Crippen molar-refractivity contribution < 1.29 is 18.7 Å². The number of ether oxygens (including phenoxy) is 1. The maximum Gasteiger partial charge on any atom is 0.245 e. The Kier molecular flexibility index (Phi) is 3.75. The molecule has 0 unspecified atom stereocenters. The number of amides is 2. The molecular formula is C17H20N2O4. The fourth-order valence-corrected chi connectivity index (χ4v) is 2.92. The van der Waals surface area contributed by atoms with E-state index in [9.17, 15) is 9.59 Å². The van der Waals surface area contributed by atoms with Crippen LogP contribution in [0.2, 0.25) is 0 Å². The molecule has 6 nitrogen and oxygen atoms in total. The molecule has 2 amide bonds. The Labute approximate surface area is 134 Å². The van der Waals surface area contributed by atoms with Gasteiger partial charge in [-0.05, 0) is 26.0 Å². The van der Waals surface area contributed by atoms with Gasteiger partial charge in [-0.2, -0.15) is 0 Å². The molecule has 1 N–H and O–H groups in total. The third kappa shape index (κ3) is 2.65. The van der Waals surface area contributed by atoms with E-state index in [1.807, 2.05) is 12.1 Å². The molecule has 6 heteroatoms. The molecule has 3 rings (SSSR count). The molecule has 0 aliphatic carbocycles. The molecule has 0 spiro atoms. The molecule has 1 aromatic heterocycles. The lowest BCUT2D eigenvalue weighted by Crippen LogP contribution is -2.63. The first-order valence-corrected chi connectivity index (χ1v) is 7.56. The van der Waals surface area contributed by atoms with Gasteiger partial charge in [0.15, 0.2) is 0 Å². The van der Waals surface area contributed by atoms with Gasteiger partial charge in [0, 0.05) is 30.1 Å². The van der Waals surface area contributed by atoms with Crippen LogP contribution >= 0.6 is 0 Å². The standard InChI is InChI=1S/C17H20N2O4/c1-17(2)16(21)18-6-7-19(17)15(20)8-11-10-23-14-9-12(22-3)4-5-13(11)14/h4-5,9-10H,6-8H2,1-3H3,(H,18,21). The number of hydrogen-bond donors (Lipinski definition) is 1. The van der Waals surface area contributed by atoms with E-state index in [0.29, 0.717) is 24.4 Å². The molecule has 1 saturated heterocycles. The van der Waals surface area contributed by atoms with Crippen molar-refractivity contribution in [1.29, 1.82) is 0 Å². The number of nitrogens with zero attached hydrogens (tertiary/aromatic N) is 1. The second-order valence-electron chi connectivity index (χ2n) is 6.16. The first kappa shape index (κ1) is 15.4. The summed E-state index contributed by atoms with van der Waals surface area (Å²) in [4.78, 5) is 26.3. The van der Waals surface area contributed by atoms with Crippen molar-refractivity contribution in [2.75, 3.05) is 20.2 Å². The van der Waals surface area contributed by atoms with Crippen molar-refractivity contribution >= 4 is 22.8 Å². The smallest absolute Gasteiger partial charge is 0.245 e. The van der Waals surface area contributed by atoms with E-state index in [-0.39, 0.29) is 18.2 Å². The molecule has 1 fully saturated rings. The van der Waals surface area contributed by atoms with Crippen LogP contribution in [0.4, 0.5) is 0 Å². The summed E-state index contributed by atoms with van der Waals surface area (Å²) in [5, 5.41) is 3.68. The maximum atomic E-state index is 12.7. The average molecular weight is 316 g/mol. The van der Waals surface area contributed by atoms with Crippen molar-refractivity contribution in [3.63, 3.8) is 0 Å². The zero-order valence-electron chi connectivity index (χ0n) is 13.5. The van der Waals surface area contributed by atoms with Gasteiger partial charge in [-0.25, -0.2) is 0 Å². The summed E-state index contributed by atoms with van der Waals surface area (Å²) in [6.07, 6.45) is 1.80. The minimum absolute atomic E-state index is 0.0802. The molecular weight excluding hydrogens is 296 g/mol. The summed E-state index contributed by atoms with van der Waals surface area (Å²) in [6, 6.07) is 5.51. The van der Waals surface area contributed by atoms with E-state index in [4.69, 9.17) is 9.15 Å². The quantitative estimate of drug-likeness (QED) is 0.936. The fourth-order valence-electron chi connectivity index (χ4n) is 2.92. The molecule has 0 atom stereocenters. The highest BCUT2D eigenvalue weighted by Gasteiger charge is 2.40. The fraction of sp³-hybridized carbons (Fsp3) is 0.412. The predicted molar refractivity (Wildman–Crippen MR) is 85.3 cm³/mol. The van der Waals surface area contributed by atoms with E-state index >= 15 is 0 Å². The number of methoxy groups -OCH3 is 1. The van der Waals surface area contributed by atoms with Crippen LogP contribution in [0.25, 0.3) is 11.0 Å². The average Bonchev–Trinajstić information content (AvgIpc) is 2.92. The Morgan fingerprint density at radius 1 is 1.43 bits per heavy atom. The van der Waals surface area contributed by atoms with Gasteiger partial charge in [0.25, 0.3) is 0 Å². The van der Waals surface area contributed by atoms with Gasteiger partial charge in [-0.15, -0.1) is 0 Å². The van der Waals surface area contributed by atoms with Crippen LogP contribution in [0.1, 0.15) is 19.4 Å². The Bertz CT molecular complexity index is 763. The largest absolute Gasteiger partial charge is 0.497 e. The number of piperazine rings is 1. The Balaban J connectivity index is 1.84. The summed E-state index contributed by atoms with van der Waals surface area (Å²) in [7, 11) is 1.60. The van der Waals surface area contributed by atoms with Crippen LogP contribution < -0.4 is 10.1 Å². The second-order valence-corrected chi connectivity index (χ2v) is 6.16. The van der Waals surface area contributed by atoms with E-state index in [0.717, 1.165) is 10.9 Å². The van der Waals surface area contributed by atoms with E-state index in [1.165, 1.54) is 0 Å². The van der Waals surface area contributed by atoms with Gasteiger partial charge >= 0.3 is 0 Å². The van der Waals surface area contributed by atoms with Crippen LogP contribution in [0, 0.1) is 0 Å². The summed E-state index contributed by atoms with van der Waals surface area (Å²) in [5.41, 5.74) is 0.662. The number of benzene rings is 1. The summed E-state index contributed by atoms with van der Waals surface area (Å²) >= 11 is 0. The van der Waals surface area contributed by atoms with Crippen LogP contribution in [0.15, 0.2) is 28.9 Å². The minimum Gasteiger partial charge on any atom is -0.497 e. The highest BCUT2D eigenvalue weighted by molar-refractivity contribution is 5.94. The minimum atomic E-state index is -0.835. The highest BCUT2D eigenvalue weighted by atomic mass is 16.5. The van der Waals surface area contributed by atoms with Crippen molar-refractivity contribution in [3.8, 4) is 5.75 Å². The molecule has 2 heterocycles. The zero-order chi connectivity index (χ0) is 16.6. The van der Waals surface area contributed by atoms with Crippen molar-refractivity contribution in [2.45, 2.75) is 25.8 Å². The first-order valence-electron chi connectivity index (χ1n) is 7.56. The lowest BCUT2D eigenvalue weighted by atomic mass is 9.97. The summed E-state index contributed by atoms with van der Waals surface area (Å²) in [5.74, 6) is 0.501. The van der Waals surface area contributed by atoms with Crippen molar-refractivity contribution in [2.24, 2.45) is 0 Å². The molecule has 1 aliphatic rings. The van der Waals surface area contributed by atoms with Gasteiger partial charge in [0.1, 0.15) is 16.9 Å². The lowest BCUT2D eigenvalue weighted by molar-refractivity contribution is -0.148. The van der Waals surface area contributed by atoms with Gasteiger partial charge in [-0.1, -0.05) is 0 Å². The number of fused-ring (bicyclic) bond motifs is 1. The second kappa shape index (κ2) is 5.61. The summed E-state index contributed by atoms with van der Waals surface area (Å²) < 4.78 is 10.7. The number of furan rings is 1. The number of nitrogens with one attached hydrogen (secondary N) is 1. The van der Waals surface area contributed by atoms with Gasteiger partial charge in [0.05, 0.1) is 19.8 Å². The Hall–Kier alpha value is -2.50. The first-order chi connectivity index (χ1) is 10.9. The molecule has 122 valence electrons. The van der Waals surface area contributed by atoms with Crippen molar-refractivity contribution in [1.82, 2.24) is 10.2 Å². The topological polar surface area (TPSA) is 71.8 Å². The molecule has 23 heavy (non-hydrogen) atoms. The molecule has 0 bridgehead atoms. The van der Waals surface area contributed by atoms with Gasteiger partial charge in [-0.3, -0.25) is 9.59 Å². The van der Waals surface area contributed by atoms with Gasteiger partial charge < -0.3 is 19.4 Å². The van der Waals surface area contributed by atoms with E-state index in [1.54, 1.807) is 38.2 Å². The molecule has 2 aromatic rings. The number of rotatable bonds is 3. The van der Waals surface area contributed by atoms with Crippen LogP contribution in [0.3, 0.4) is 0 Å². The lowest BCUT2D eigenvalue weighted by Gasteiger charge is -2.41. The highest BCUT2D eigenvalue weighted by Crippen LogP contribution is 2.27. The van der Waals surface area contributed by atoms with E-state index < -0.39 is 5.54 Å². The van der Waals surface area contributed by atoms with E-state index in [2.05, 4.69) is 5.32 Å². The Morgan fingerprint density at radius 2 is 2.22 bits per heavy atom.